The molecule has 0 saturated carbocycles. The van der Waals surface area contributed by atoms with E-state index >= 15 is 0 Å². The molecule has 1 aliphatic rings. The molecule has 7 heteroatoms. The van der Waals surface area contributed by atoms with Gasteiger partial charge in [-0.2, -0.15) is 0 Å². The lowest BCUT2D eigenvalue weighted by Gasteiger charge is -2.34. The van der Waals surface area contributed by atoms with Gasteiger partial charge >= 0.3 is 0 Å². The fourth-order valence-corrected chi connectivity index (χ4v) is 3.18. The van der Waals surface area contributed by atoms with Gasteiger partial charge in [0.15, 0.2) is 0 Å². The Morgan fingerprint density at radius 3 is 2.44 bits per heavy atom. The second-order valence-corrected chi connectivity index (χ2v) is 7.11. The van der Waals surface area contributed by atoms with Crippen molar-refractivity contribution in [3.63, 3.8) is 0 Å². The Morgan fingerprint density at radius 2 is 1.76 bits per heavy atom. The number of anilines is 2. The maximum absolute atomic E-state index is 12.2. The molecule has 6 nitrogen and oxygen atoms in total. The van der Waals surface area contributed by atoms with Crippen LogP contribution in [0.25, 0.3) is 0 Å². The molecule has 0 atom stereocenters. The van der Waals surface area contributed by atoms with Gasteiger partial charge in [-0.25, -0.2) is 0 Å². The van der Waals surface area contributed by atoms with Crippen LogP contribution in [-0.4, -0.2) is 48.6 Å². The van der Waals surface area contributed by atoms with Gasteiger partial charge in [-0.3, -0.25) is 9.59 Å². The van der Waals surface area contributed by atoms with Crippen LogP contribution >= 0.6 is 15.9 Å². The number of hydrogen-bond donors (Lipinski definition) is 1. The molecular weight excluding hydrogens is 384 g/mol. The van der Waals surface area contributed by atoms with Crippen LogP contribution in [0.5, 0.6) is 0 Å². The number of likely N-dealkylation sites (N-methyl/N-ethyl adjacent to an activating group) is 1. The van der Waals surface area contributed by atoms with Crippen molar-refractivity contribution >= 4 is 33.2 Å². The maximum atomic E-state index is 12.2. The summed E-state index contributed by atoms with van der Waals surface area (Å²) >= 11 is 3.30. The van der Waals surface area contributed by atoms with E-state index in [9.17, 15) is 9.59 Å². The van der Waals surface area contributed by atoms with Crippen LogP contribution in [0, 0.1) is 0 Å². The zero-order chi connectivity index (χ0) is 17.8. The summed E-state index contributed by atoms with van der Waals surface area (Å²) in [6.07, 6.45) is 1.61. The highest BCUT2D eigenvalue weighted by atomic mass is 79.9. The molecule has 1 saturated heterocycles. The SMILES string of the molecule is CN1CCN(c2ccc(NC(=O)Cn3cc(Br)ccc3=O)cc2)CC1. The Hall–Kier alpha value is -2.12. The summed E-state index contributed by atoms with van der Waals surface area (Å²) in [4.78, 5) is 28.6. The minimum atomic E-state index is -0.229. The van der Waals surface area contributed by atoms with Crippen molar-refractivity contribution in [1.29, 1.82) is 0 Å². The predicted octanol–water partition coefficient (Wildman–Crippen LogP) is 2.00. The molecule has 25 heavy (non-hydrogen) atoms. The average molecular weight is 405 g/mol. The number of benzene rings is 1. The highest BCUT2D eigenvalue weighted by Gasteiger charge is 2.14. The zero-order valence-electron chi connectivity index (χ0n) is 14.1. The molecule has 1 fully saturated rings. The number of nitrogens with one attached hydrogen (secondary N) is 1. The van der Waals surface area contributed by atoms with E-state index in [1.54, 1.807) is 12.3 Å². The average Bonchev–Trinajstić information content (AvgIpc) is 2.59. The number of carbonyl (C=O) groups excluding carboxylic acids is 1. The first-order valence-corrected chi connectivity index (χ1v) is 9.00. The van der Waals surface area contributed by atoms with Crippen molar-refractivity contribution in [3.8, 4) is 0 Å². The number of amides is 1. The lowest BCUT2D eigenvalue weighted by atomic mass is 10.2. The van der Waals surface area contributed by atoms with Crippen molar-refractivity contribution < 1.29 is 4.79 Å². The van der Waals surface area contributed by atoms with E-state index < -0.39 is 0 Å². The molecule has 132 valence electrons. The van der Waals surface area contributed by atoms with Gasteiger partial charge in [0.1, 0.15) is 6.54 Å². The van der Waals surface area contributed by atoms with Gasteiger partial charge < -0.3 is 19.7 Å². The Balaban J connectivity index is 1.60. The summed E-state index contributed by atoms with van der Waals surface area (Å²) < 4.78 is 2.13. The number of piperazine rings is 1. The molecule has 0 radical (unpaired) electrons. The van der Waals surface area contributed by atoms with E-state index in [4.69, 9.17) is 0 Å². The molecule has 2 aromatic rings. The molecule has 0 unspecified atom stereocenters. The molecule has 3 rings (SSSR count). The van der Waals surface area contributed by atoms with Crippen LogP contribution in [-0.2, 0) is 11.3 Å². The van der Waals surface area contributed by atoms with Crippen LogP contribution in [0.3, 0.4) is 0 Å². The van der Waals surface area contributed by atoms with Crippen LogP contribution in [0.15, 0.2) is 51.9 Å². The summed E-state index contributed by atoms with van der Waals surface area (Å²) in [5, 5.41) is 2.83. The van der Waals surface area contributed by atoms with Crippen LogP contribution in [0.2, 0.25) is 0 Å². The highest BCUT2D eigenvalue weighted by Crippen LogP contribution is 2.19. The smallest absolute Gasteiger partial charge is 0.251 e. The molecular formula is C18H21BrN4O2. The summed E-state index contributed by atoms with van der Waals surface area (Å²) in [6, 6.07) is 10.9. The Kier molecular flexibility index (Phi) is 5.55. The lowest BCUT2D eigenvalue weighted by Crippen LogP contribution is -2.44. The molecule has 1 aromatic carbocycles. The molecule has 1 aromatic heterocycles. The van der Waals surface area contributed by atoms with Crippen molar-refractivity contribution in [2.75, 3.05) is 43.4 Å². The Labute approximate surface area is 155 Å². The van der Waals surface area contributed by atoms with Crippen LogP contribution < -0.4 is 15.8 Å². The number of halogens is 1. The largest absolute Gasteiger partial charge is 0.369 e. The minimum absolute atomic E-state index is 0.0154. The van der Waals surface area contributed by atoms with Crippen LogP contribution in [0.1, 0.15) is 0 Å². The quantitative estimate of drug-likeness (QED) is 0.846. The second kappa shape index (κ2) is 7.84. The molecule has 0 aliphatic carbocycles. The standard InChI is InChI=1S/C18H21BrN4O2/c1-21-8-10-22(11-9-21)16-5-3-15(4-6-16)20-17(24)13-23-12-14(19)2-7-18(23)25/h2-7,12H,8-11,13H2,1H3,(H,20,24). The van der Waals surface area contributed by atoms with Gasteiger partial charge in [-0.15, -0.1) is 0 Å². The molecule has 0 bridgehead atoms. The highest BCUT2D eigenvalue weighted by molar-refractivity contribution is 9.10. The predicted molar refractivity (Wildman–Crippen MR) is 103 cm³/mol. The number of carbonyl (C=O) groups is 1. The fourth-order valence-electron chi connectivity index (χ4n) is 2.80. The second-order valence-electron chi connectivity index (χ2n) is 6.20. The zero-order valence-corrected chi connectivity index (χ0v) is 15.7. The Bertz CT molecular complexity index is 795. The van der Waals surface area contributed by atoms with Gasteiger partial charge in [0, 0.05) is 54.3 Å². The number of aromatic nitrogens is 1. The third kappa shape index (κ3) is 4.70. The molecule has 0 spiro atoms. The lowest BCUT2D eigenvalue weighted by molar-refractivity contribution is -0.116. The van der Waals surface area contributed by atoms with E-state index in [0.717, 1.165) is 42.0 Å². The van der Waals surface area contributed by atoms with E-state index in [2.05, 4.69) is 38.1 Å². The van der Waals surface area contributed by atoms with Gasteiger partial charge in [-0.1, -0.05) is 0 Å². The van der Waals surface area contributed by atoms with Crippen molar-refractivity contribution in [1.82, 2.24) is 9.47 Å². The molecule has 2 heterocycles. The van der Waals surface area contributed by atoms with E-state index in [1.807, 2.05) is 24.3 Å². The van der Waals surface area contributed by atoms with Crippen LogP contribution in [0.4, 0.5) is 11.4 Å². The molecule has 1 amide bonds. The van der Waals surface area contributed by atoms with Gasteiger partial charge in [0.05, 0.1) is 0 Å². The topological polar surface area (TPSA) is 57.6 Å². The maximum Gasteiger partial charge on any atom is 0.251 e. The normalized spacial score (nSPS) is 15.2. The van der Waals surface area contributed by atoms with Crippen molar-refractivity contribution in [3.05, 3.63) is 57.4 Å². The fraction of sp³-hybridized carbons (Fsp3) is 0.333. The van der Waals surface area contributed by atoms with Gasteiger partial charge in [-0.05, 0) is 53.3 Å². The Morgan fingerprint density at radius 1 is 1.08 bits per heavy atom. The van der Waals surface area contributed by atoms with Crippen molar-refractivity contribution in [2.45, 2.75) is 6.54 Å². The summed E-state index contributed by atoms with van der Waals surface area (Å²) in [5.74, 6) is -0.229. The minimum Gasteiger partial charge on any atom is -0.369 e. The first kappa shape index (κ1) is 17.7. The first-order chi connectivity index (χ1) is 12.0. The number of pyridine rings is 1. The molecule has 1 N–H and O–H groups in total. The van der Waals surface area contributed by atoms with Gasteiger partial charge in [0.2, 0.25) is 5.91 Å². The molecule has 1 aliphatic heterocycles. The number of rotatable bonds is 4. The van der Waals surface area contributed by atoms with Gasteiger partial charge in [0.25, 0.3) is 5.56 Å². The van der Waals surface area contributed by atoms with E-state index in [1.165, 1.54) is 10.6 Å². The summed E-state index contributed by atoms with van der Waals surface area (Å²) in [6.45, 7) is 4.11. The monoisotopic (exact) mass is 404 g/mol. The number of nitrogens with zero attached hydrogens (tertiary/aromatic N) is 3. The third-order valence-electron chi connectivity index (χ3n) is 4.28. The summed E-state index contributed by atoms with van der Waals surface area (Å²) in [7, 11) is 2.13. The third-order valence-corrected chi connectivity index (χ3v) is 4.75. The first-order valence-electron chi connectivity index (χ1n) is 8.21. The number of hydrogen-bond acceptors (Lipinski definition) is 4. The van der Waals surface area contributed by atoms with E-state index in [-0.39, 0.29) is 18.0 Å². The van der Waals surface area contributed by atoms with E-state index in [0.29, 0.717) is 0 Å². The summed E-state index contributed by atoms with van der Waals surface area (Å²) in [5.41, 5.74) is 1.68. The van der Waals surface area contributed by atoms with Crippen molar-refractivity contribution in [2.24, 2.45) is 0 Å².